The predicted molar refractivity (Wildman–Crippen MR) is 136 cm³/mol. The summed E-state index contributed by atoms with van der Waals surface area (Å²) >= 11 is 0. The molecule has 0 atom stereocenters. The lowest BCUT2D eigenvalue weighted by atomic mass is 10.1. The maximum Gasteiger partial charge on any atom is 0.263 e. The van der Waals surface area contributed by atoms with Gasteiger partial charge in [0.2, 0.25) is 17.2 Å². The Hall–Kier alpha value is -4.79. The Bertz CT molecular complexity index is 1640. The highest BCUT2D eigenvalue weighted by molar-refractivity contribution is 5.93. The zero-order valence-electron chi connectivity index (χ0n) is 20.0. The van der Waals surface area contributed by atoms with Gasteiger partial charge >= 0.3 is 0 Å². The molecule has 9 heteroatoms. The van der Waals surface area contributed by atoms with E-state index in [1.165, 1.54) is 13.3 Å². The summed E-state index contributed by atoms with van der Waals surface area (Å²) in [5.74, 6) is 0.660. The van der Waals surface area contributed by atoms with Gasteiger partial charge in [-0.1, -0.05) is 47.1 Å². The lowest BCUT2D eigenvalue weighted by Crippen LogP contribution is -2.22. The highest BCUT2D eigenvalue weighted by Gasteiger charge is 2.19. The molecule has 5 rings (SSSR count). The van der Waals surface area contributed by atoms with Crippen LogP contribution in [-0.2, 0) is 11.3 Å². The van der Waals surface area contributed by atoms with Gasteiger partial charge in [0, 0.05) is 17.5 Å². The zero-order valence-corrected chi connectivity index (χ0v) is 20.0. The van der Waals surface area contributed by atoms with Gasteiger partial charge in [-0.25, -0.2) is 4.98 Å². The normalized spacial score (nSPS) is 11.0. The van der Waals surface area contributed by atoms with E-state index in [0.29, 0.717) is 34.0 Å². The van der Waals surface area contributed by atoms with Crippen molar-refractivity contribution < 1.29 is 14.1 Å². The van der Waals surface area contributed by atoms with Crippen LogP contribution in [0.3, 0.4) is 0 Å². The second-order valence-electron chi connectivity index (χ2n) is 8.36. The van der Waals surface area contributed by atoms with Gasteiger partial charge in [0.15, 0.2) is 0 Å². The molecule has 0 bridgehead atoms. The van der Waals surface area contributed by atoms with Crippen LogP contribution in [0.2, 0.25) is 0 Å². The molecular weight excluding hydrogens is 458 g/mol. The largest absolute Gasteiger partial charge is 0.495 e. The van der Waals surface area contributed by atoms with E-state index in [4.69, 9.17) is 9.26 Å². The van der Waals surface area contributed by atoms with Crippen molar-refractivity contribution in [1.82, 2.24) is 19.7 Å². The fraction of sp³-hybridized carbons (Fsp3) is 0.148. The van der Waals surface area contributed by atoms with Crippen molar-refractivity contribution in [2.24, 2.45) is 0 Å². The van der Waals surface area contributed by atoms with Crippen molar-refractivity contribution in [2.75, 3.05) is 12.4 Å². The maximum atomic E-state index is 13.3. The summed E-state index contributed by atoms with van der Waals surface area (Å²) in [7, 11) is 1.54. The van der Waals surface area contributed by atoms with Gasteiger partial charge in [-0.05, 0) is 38.1 Å². The monoisotopic (exact) mass is 481 g/mol. The second-order valence-corrected chi connectivity index (χ2v) is 8.36. The van der Waals surface area contributed by atoms with Crippen LogP contribution in [-0.4, -0.2) is 32.7 Å². The van der Waals surface area contributed by atoms with Crippen LogP contribution in [0.4, 0.5) is 5.69 Å². The molecule has 1 N–H and O–H groups in total. The summed E-state index contributed by atoms with van der Waals surface area (Å²) in [6, 6.07) is 18.2. The number of benzene rings is 2. The quantitative estimate of drug-likeness (QED) is 0.383. The number of aromatic nitrogens is 4. The number of ether oxygens (including phenoxy) is 1. The van der Waals surface area contributed by atoms with Crippen LogP contribution in [0.25, 0.3) is 33.9 Å². The summed E-state index contributed by atoms with van der Waals surface area (Å²) < 4.78 is 12.4. The van der Waals surface area contributed by atoms with E-state index in [1.54, 1.807) is 34.9 Å². The molecule has 36 heavy (non-hydrogen) atoms. The smallest absolute Gasteiger partial charge is 0.263 e. The standard InChI is InChI=1S/C27H23N5O4/c1-16-8-11-18(12-9-16)25-30-27(36-31-25)20-14-32(26-19(24(20)34)13-10-17(2)28-26)15-23(33)29-21-6-4-5-7-22(21)35-3/h4-14H,15H2,1-3H3,(H,29,33). The Morgan fingerprint density at radius 3 is 2.58 bits per heavy atom. The Morgan fingerprint density at radius 2 is 1.81 bits per heavy atom. The molecule has 0 aliphatic carbocycles. The number of fused-ring (bicyclic) bond motifs is 1. The van der Waals surface area contributed by atoms with Gasteiger partial charge in [-0.2, -0.15) is 4.98 Å². The molecule has 0 spiro atoms. The van der Waals surface area contributed by atoms with Crippen LogP contribution < -0.4 is 15.5 Å². The molecule has 180 valence electrons. The molecule has 0 fully saturated rings. The van der Waals surface area contributed by atoms with Crippen LogP contribution >= 0.6 is 0 Å². The van der Waals surface area contributed by atoms with Gasteiger partial charge in [-0.15, -0.1) is 0 Å². The third-order valence-corrected chi connectivity index (χ3v) is 5.72. The molecule has 0 aliphatic rings. The minimum Gasteiger partial charge on any atom is -0.495 e. The van der Waals surface area contributed by atoms with E-state index in [9.17, 15) is 9.59 Å². The maximum absolute atomic E-state index is 13.3. The van der Waals surface area contributed by atoms with E-state index in [2.05, 4.69) is 20.4 Å². The number of rotatable bonds is 6. The molecule has 0 unspecified atom stereocenters. The van der Waals surface area contributed by atoms with Crippen LogP contribution in [0.5, 0.6) is 5.75 Å². The molecule has 5 aromatic rings. The first-order valence-corrected chi connectivity index (χ1v) is 11.3. The number of nitrogens with one attached hydrogen (secondary N) is 1. The first-order valence-electron chi connectivity index (χ1n) is 11.3. The van der Waals surface area contributed by atoms with Crippen molar-refractivity contribution in [3.63, 3.8) is 0 Å². The molecular formula is C27H23N5O4. The Kier molecular flexibility index (Phi) is 6.03. The minimum atomic E-state index is -0.315. The summed E-state index contributed by atoms with van der Waals surface area (Å²) in [5, 5.41) is 7.25. The number of anilines is 1. The Balaban J connectivity index is 1.55. The topological polar surface area (TPSA) is 112 Å². The number of hydrogen-bond acceptors (Lipinski definition) is 7. The van der Waals surface area contributed by atoms with Crippen molar-refractivity contribution >= 4 is 22.6 Å². The average molecular weight is 482 g/mol. The number of aryl methyl sites for hydroxylation is 2. The third kappa shape index (κ3) is 4.46. The second kappa shape index (κ2) is 9.46. The van der Waals surface area contributed by atoms with Crippen LogP contribution in [0, 0.1) is 13.8 Å². The Morgan fingerprint density at radius 1 is 1.03 bits per heavy atom. The molecule has 2 aromatic carbocycles. The average Bonchev–Trinajstić information content (AvgIpc) is 3.36. The third-order valence-electron chi connectivity index (χ3n) is 5.72. The molecule has 9 nitrogen and oxygen atoms in total. The molecule has 0 saturated carbocycles. The highest BCUT2D eigenvalue weighted by Crippen LogP contribution is 2.24. The van der Waals surface area contributed by atoms with Gasteiger partial charge in [0.1, 0.15) is 23.5 Å². The van der Waals surface area contributed by atoms with E-state index < -0.39 is 0 Å². The van der Waals surface area contributed by atoms with Crippen LogP contribution in [0.1, 0.15) is 11.3 Å². The lowest BCUT2D eigenvalue weighted by Gasteiger charge is -2.13. The van der Waals surface area contributed by atoms with Gasteiger partial charge in [0.05, 0.1) is 18.2 Å². The fourth-order valence-corrected chi connectivity index (χ4v) is 3.88. The molecule has 0 saturated heterocycles. The van der Waals surface area contributed by atoms with Gasteiger partial charge < -0.3 is 19.1 Å². The summed E-state index contributed by atoms with van der Waals surface area (Å²) in [6.07, 6.45) is 1.53. The van der Waals surface area contributed by atoms with E-state index in [0.717, 1.165) is 11.1 Å². The summed E-state index contributed by atoms with van der Waals surface area (Å²) in [4.78, 5) is 35.3. The van der Waals surface area contributed by atoms with Crippen molar-refractivity contribution in [2.45, 2.75) is 20.4 Å². The van der Waals surface area contributed by atoms with Crippen molar-refractivity contribution in [3.8, 4) is 28.6 Å². The van der Waals surface area contributed by atoms with Crippen molar-refractivity contribution in [1.29, 1.82) is 0 Å². The number of para-hydroxylation sites is 2. The predicted octanol–water partition coefficient (Wildman–Crippen LogP) is 4.38. The first kappa shape index (κ1) is 23.0. The van der Waals surface area contributed by atoms with Crippen LogP contribution in [0.15, 0.2) is 76.2 Å². The van der Waals surface area contributed by atoms with E-state index in [1.807, 2.05) is 44.2 Å². The fourth-order valence-electron chi connectivity index (χ4n) is 3.88. The number of carbonyl (C=O) groups excluding carboxylic acids is 1. The molecule has 1 amide bonds. The molecule has 3 heterocycles. The number of nitrogens with zero attached hydrogens (tertiary/aromatic N) is 4. The van der Waals surface area contributed by atoms with Crippen molar-refractivity contribution in [3.05, 3.63) is 88.3 Å². The SMILES string of the molecule is COc1ccccc1NC(=O)Cn1cc(-c2nc(-c3ccc(C)cc3)no2)c(=O)c2ccc(C)nc21. The first-order chi connectivity index (χ1) is 17.4. The number of carbonyl (C=O) groups is 1. The molecule has 0 aliphatic heterocycles. The van der Waals surface area contributed by atoms with Gasteiger partial charge in [0.25, 0.3) is 5.89 Å². The zero-order chi connectivity index (χ0) is 25.2. The Labute approximate surface area is 206 Å². The summed E-state index contributed by atoms with van der Waals surface area (Å²) in [5.41, 5.74) is 3.39. The van der Waals surface area contributed by atoms with Gasteiger partial charge in [-0.3, -0.25) is 9.59 Å². The number of methoxy groups -OCH3 is 1. The lowest BCUT2D eigenvalue weighted by molar-refractivity contribution is -0.116. The number of amides is 1. The number of pyridine rings is 2. The van der Waals surface area contributed by atoms with E-state index >= 15 is 0 Å². The molecule has 0 radical (unpaired) electrons. The highest BCUT2D eigenvalue weighted by atomic mass is 16.5. The molecule has 3 aromatic heterocycles. The summed E-state index contributed by atoms with van der Waals surface area (Å²) in [6.45, 7) is 3.71. The van der Waals surface area contributed by atoms with E-state index in [-0.39, 0.29) is 29.3 Å². The number of hydrogen-bond donors (Lipinski definition) is 1. The minimum absolute atomic E-state index is 0.0666.